The van der Waals surface area contributed by atoms with E-state index >= 15 is 0 Å². The summed E-state index contributed by atoms with van der Waals surface area (Å²) in [5.74, 6) is 1.16. The van der Waals surface area contributed by atoms with Gasteiger partial charge in [-0.05, 0) is 24.6 Å². The van der Waals surface area contributed by atoms with Gasteiger partial charge >= 0.3 is 0 Å². The quantitative estimate of drug-likeness (QED) is 0.655. The molecule has 2 aromatic heterocycles. The lowest BCUT2D eigenvalue weighted by Gasteiger charge is -2.17. The summed E-state index contributed by atoms with van der Waals surface area (Å²) in [5.41, 5.74) is 0.579. The molecule has 1 atom stereocenters. The zero-order valence-corrected chi connectivity index (χ0v) is 13.2. The summed E-state index contributed by atoms with van der Waals surface area (Å²) in [6.07, 6.45) is 5.32. The third kappa shape index (κ3) is 4.17. The molecular formula is C16H20N6O2. The first kappa shape index (κ1) is 16.1. The maximum Gasteiger partial charge on any atom is 0.251 e. The topological polar surface area (TPSA) is 103 Å². The van der Waals surface area contributed by atoms with Crippen molar-refractivity contribution in [2.75, 3.05) is 36.4 Å². The molecule has 0 aliphatic carbocycles. The predicted octanol–water partition coefficient (Wildman–Crippen LogP) is 0.284. The first-order chi connectivity index (χ1) is 11.7. The predicted molar refractivity (Wildman–Crippen MR) is 89.9 cm³/mol. The Kier molecular flexibility index (Phi) is 5.17. The van der Waals surface area contributed by atoms with Gasteiger partial charge in [0.1, 0.15) is 5.82 Å². The number of anilines is 2. The van der Waals surface area contributed by atoms with Crippen molar-refractivity contribution in [2.45, 2.75) is 12.5 Å². The Morgan fingerprint density at radius 3 is 2.83 bits per heavy atom. The molecule has 8 heteroatoms. The smallest absolute Gasteiger partial charge is 0.251 e. The van der Waals surface area contributed by atoms with Crippen LogP contribution in [0.3, 0.4) is 0 Å². The normalized spacial score (nSPS) is 16.9. The van der Waals surface area contributed by atoms with E-state index in [2.05, 4.69) is 25.6 Å². The molecule has 0 saturated carbocycles. The molecule has 3 rings (SSSR count). The van der Waals surface area contributed by atoms with E-state index in [1.807, 2.05) is 11.0 Å². The zero-order chi connectivity index (χ0) is 16.8. The molecule has 0 unspecified atom stereocenters. The molecule has 0 aromatic carbocycles. The Balaban J connectivity index is 1.46. The summed E-state index contributed by atoms with van der Waals surface area (Å²) < 4.78 is 0. The van der Waals surface area contributed by atoms with Gasteiger partial charge < -0.3 is 20.6 Å². The lowest BCUT2D eigenvalue weighted by molar-refractivity contribution is 0.0955. The van der Waals surface area contributed by atoms with E-state index in [-0.39, 0.29) is 12.0 Å². The van der Waals surface area contributed by atoms with E-state index < -0.39 is 0 Å². The van der Waals surface area contributed by atoms with Crippen molar-refractivity contribution in [3.05, 3.63) is 42.4 Å². The third-order valence-corrected chi connectivity index (χ3v) is 3.76. The number of β-amino-alcohol motifs (C(OH)–C–C–N with tert-alkyl or cyclic N) is 1. The van der Waals surface area contributed by atoms with Gasteiger partial charge in [0.15, 0.2) is 0 Å². The van der Waals surface area contributed by atoms with Gasteiger partial charge in [-0.1, -0.05) is 0 Å². The summed E-state index contributed by atoms with van der Waals surface area (Å²) in [6, 6.07) is 5.16. The van der Waals surface area contributed by atoms with Crippen molar-refractivity contribution in [3.63, 3.8) is 0 Å². The van der Waals surface area contributed by atoms with Crippen molar-refractivity contribution in [2.24, 2.45) is 0 Å². The second-order valence-electron chi connectivity index (χ2n) is 5.55. The number of nitrogens with zero attached hydrogens (tertiary/aromatic N) is 4. The van der Waals surface area contributed by atoms with Crippen LogP contribution in [-0.2, 0) is 0 Å². The van der Waals surface area contributed by atoms with Crippen LogP contribution in [0.25, 0.3) is 0 Å². The minimum Gasteiger partial charge on any atom is -0.391 e. The minimum atomic E-state index is -0.292. The van der Waals surface area contributed by atoms with Gasteiger partial charge in [-0.25, -0.2) is 4.98 Å². The molecule has 126 valence electrons. The van der Waals surface area contributed by atoms with Gasteiger partial charge in [0.2, 0.25) is 5.95 Å². The molecule has 0 spiro atoms. The van der Waals surface area contributed by atoms with Gasteiger partial charge in [-0.15, -0.1) is 0 Å². The number of carbonyl (C=O) groups excluding carboxylic acids is 1. The van der Waals surface area contributed by atoms with Crippen molar-refractivity contribution in [1.82, 2.24) is 20.3 Å². The number of pyridine rings is 1. The molecule has 0 bridgehead atoms. The second-order valence-corrected chi connectivity index (χ2v) is 5.55. The molecule has 1 saturated heterocycles. The molecule has 3 N–H and O–H groups in total. The van der Waals surface area contributed by atoms with Crippen molar-refractivity contribution >= 4 is 17.7 Å². The first-order valence-corrected chi connectivity index (χ1v) is 7.90. The van der Waals surface area contributed by atoms with Crippen LogP contribution in [0.4, 0.5) is 11.8 Å². The Bertz CT molecular complexity index is 681. The summed E-state index contributed by atoms with van der Waals surface area (Å²) >= 11 is 0. The van der Waals surface area contributed by atoms with Crippen LogP contribution in [-0.4, -0.2) is 58.2 Å². The largest absolute Gasteiger partial charge is 0.391 e. The number of carbonyl (C=O) groups is 1. The number of nitrogens with one attached hydrogen (secondary N) is 2. The Labute approximate surface area is 140 Å². The Hall–Kier alpha value is -2.74. The van der Waals surface area contributed by atoms with E-state index in [1.165, 1.54) is 0 Å². The van der Waals surface area contributed by atoms with Crippen LogP contribution in [0.5, 0.6) is 0 Å². The van der Waals surface area contributed by atoms with Crippen LogP contribution >= 0.6 is 0 Å². The van der Waals surface area contributed by atoms with E-state index in [0.717, 1.165) is 18.8 Å². The molecule has 24 heavy (non-hydrogen) atoms. The highest BCUT2D eigenvalue weighted by Gasteiger charge is 2.21. The lowest BCUT2D eigenvalue weighted by atomic mass is 10.2. The van der Waals surface area contributed by atoms with Gasteiger partial charge in [0, 0.05) is 50.3 Å². The minimum absolute atomic E-state index is 0.139. The van der Waals surface area contributed by atoms with Crippen LogP contribution in [0.1, 0.15) is 16.8 Å². The number of hydrogen-bond acceptors (Lipinski definition) is 7. The third-order valence-electron chi connectivity index (χ3n) is 3.76. The summed E-state index contributed by atoms with van der Waals surface area (Å²) in [5, 5.41) is 15.5. The average molecular weight is 328 g/mol. The monoisotopic (exact) mass is 328 g/mol. The Morgan fingerprint density at radius 2 is 2.08 bits per heavy atom. The average Bonchev–Trinajstić information content (AvgIpc) is 3.06. The molecule has 1 amide bonds. The number of aliphatic hydroxyl groups is 1. The maximum absolute atomic E-state index is 11.9. The van der Waals surface area contributed by atoms with Crippen LogP contribution < -0.4 is 15.5 Å². The highest BCUT2D eigenvalue weighted by Crippen LogP contribution is 2.18. The van der Waals surface area contributed by atoms with E-state index in [0.29, 0.717) is 31.1 Å². The van der Waals surface area contributed by atoms with E-state index in [1.54, 1.807) is 30.7 Å². The fraction of sp³-hybridized carbons (Fsp3) is 0.375. The van der Waals surface area contributed by atoms with E-state index in [4.69, 9.17) is 0 Å². The van der Waals surface area contributed by atoms with Crippen molar-refractivity contribution in [3.8, 4) is 0 Å². The van der Waals surface area contributed by atoms with Crippen LogP contribution in [0, 0.1) is 0 Å². The maximum atomic E-state index is 11.9. The number of aliphatic hydroxyl groups excluding tert-OH is 1. The van der Waals surface area contributed by atoms with Crippen molar-refractivity contribution in [1.29, 1.82) is 0 Å². The number of hydrogen-bond donors (Lipinski definition) is 3. The molecule has 8 nitrogen and oxygen atoms in total. The summed E-state index contributed by atoms with van der Waals surface area (Å²) in [4.78, 5) is 26.4. The molecular weight excluding hydrogens is 308 g/mol. The lowest BCUT2D eigenvalue weighted by Crippen LogP contribution is -2.29. The molecule has 1 fully saturated rings. The highest BCUT2D eigenvalue weighted by atomic mass is 16.3. The summed E-state index contributed by atoms with van der Waals surface area (Å²) in [6.45, 7) is 2.36. The Morgan fingerprint density at radius 1 is 1.25 bits per heavy atom. The molecule has 1 aliphatic rings. The molecule has 1 aliphatic heterocycles. The fourth-order valence-electron chi connectivity index (χ4n) is 2.52. The van der Waals surface area contributed by atoms with Gasteiger partial charge in [-0.3, -0.25) is 9.78 Å². The zero-order valence-electron chi connectivity index (χ0n) is 13.2. The number of rotatable bonds is 6. The van der Waals surface area contributed by atoms with Crippen LogP contribution in [0.15, 0.2) is 36.8 Å². The first-order valence-electron chi connectivity index (χ1n) is 7.90. The van der Waals surface area contributed by atoms with Gasteiger partial charge in [-0.2, -0.15) is 4.98 Å². The second kappa shape index (κ2) is 7.69. The number of aromatic nitrogens is 3. The van der Waals surface area contributed by atoms with Crippen molar-refractivity contribution < 1.29 is 9.90 Å². The molecule has 2 aromatic rings. The summed E-state index contributed by atoms with van der Waals surface area (Å²) in [7, 11) is 0. The number of amides is 1. The SMILES string of the molecule is O=C(NCCNc1nccc(N2CC[C@H](O)C2)n1)c1ccncc1. The van der Waals surface area contributed by atoms with Gasteiger partial charge in [0.25, 0.3) is 5.91 Å². The van der Waals surface area contributed by atoms with Crippen LogP contribution in [0.2, 0.25) is 0 Å². The van der Waals surface area contributed by atoms with E-state index in [9.17, 15) is 9.90 Å². The molecule has 3 heterocycles. The van der Waals surface area contributed by atoms with Gasteiger partial charge in [0.05, 0.1) is 6.10 Å². The molecule has 0 radical (unpaired) electrons. The fourth-order valence-corrected chi connectivity index (χ4v) is 2.52. The highest BCUT2D eigenvalue weighted by molar-refractivity contribution is 5.93. The standard InChI is InChI=1S/C16H20N6O2/c23-13-4-10-22(11-13)14-3-7-19-16(21-14)20-9-8-18-15(24)12-1-5-17-6-2-12/h1-3,5-7,13,23H,4,8-11H2,(H,18,24)(H,19,20,21)/t13-/m0/s1.